The second kappa shape index (κ2) is 8.00. The zero-order valence-electron chi connectivity index (χ0n) is 15.6. The first-order valence-electron chi connectivity index (χ1n) is 9.07. The van der Waals surface area contributed by atoms with Gasteiger partial charge in [0.15, 0.2) is 11.5 Å². The highest BCUT2D eigenvalue weighted by Crippen LogP contribution is 2.32. The van der Waals surface area contributed by atoms with E-state index in [0.29, 0.717) is 18.8 Å². The fraction of sp³-hybridized carbons (Fsp3) is 0.182. The minimum atomic E-state index is -0.115. The van der Waals surface area contributed by atoms with E-state index < -0.39 is 0 Å². The smallest absolute Gasteiger partial charge is 0.272 e. The SMILES string of the molecule is CN(Cc1ccccc1)C(=O)c1cc(NCc2ccc3c(c2)OCO3)ccn1. The average Bonchev–Trinajstić information content (AvgIpc) is 3.20. The molecule has 0 bridgehead atoms. The van der Waals surface area contributed by atoms with E-state index in [1.807, 2.05) is 54.6 Å². The molecular weight excluding hydrogens is 354 g/mol. The van der Waals surface area contributed by atoms with E-state index in [9.17, 15) is 4.79 Å². The van der Waals surface area contributed by atoms with E-state index in [4.69, 9.17) is 9.47 Å². The van der Waals surface area contributed by atoms with Gasteiger partial charge in [-0.15, -0.1) is 0 Å². The van der Waals surface area contributed by atoms with Crippen LogP contribution in [0.1, 0.15) is 21.6 Å². The Balaban J connectivity index is 1.40. The molecule has 0 saturated heterocycles. The molecule has 142 valence electrons. The lowest BCUT2D eigenvalue weighted by Gasteiger charge is -2.17. The predicted molar refractivity (Wildman–Crippen MR) is 106 cm³/mol. The zero-order valence-corrected chi connectivity index (χ0v) is 15.6. The summed E-state index contributed by atoms with van der Waals surface area (Å²) >= 11 is 0. The first kappa shape index (κ1) is 17.9. The highest BCUT2D eigenvalue weighted by atomic mass is 16.7. The van der Waals surface area contributed by atoms with Crippen molar-refractivity contribution in [3.05, 3.63) is 83.7 Å². The van der Waals surface area contributed by atoms with Crippen LogP contribution in [0, 0.1) is 0 Å². The molecule has 1 amide bonds. The summed E-state index contributed by atoms with van der Waals surface area (Å²) in [4.78, 5) is 18.6. The van der Waals surface area contributed by atoms with Gasteiger partial charge in [0.1, 0.15) is 5.69 Å². The second-order valence-corrected chi connectivity index (χ2v) is 6.62. The monoisotopic (exact) mass is 375 g/mol. The summed E-state index contributed by atoms with van der Waals surface area (Å²) in [6, 6.07) is 19.4. The Labute approximate surface area is 163 Å². The Morgan fingerprint density at radius 1 is 1.04 bits per heavy atom. The van der Waals surface area contributed by atoms with Crippen LogP contribution in [0.4, 0.5) is 5.69 Å². The molecule has 0 radical (unpaired) electrons. The lowest BCUT2D eigenvalue weighted by atomic mass is 10.2. The molecule has 0 unspecified atom stereocenters. The summed E-state index contributed by atoms with van der Waals surface area (Å²) in [5, 5.41) is 3.33. The van der Waals surface area contributed by atoms with Gasteiger partial charge in [-0.3, -0.25) is 9.78 Å². The molecule has 2 aromatic carbocycles. The van der Waals surface area contributed by atoms with E-state index in [1.54, 1.807) is 24.2 Å². The number of hydrogen-bond donors (Lipinski definition) is 1. The van der Waals surface area contributed by atoms with Gasteiger partial charge in [-0.2, -0.15) is 0 Å². The molecular formula is C22H21N3O3. The summed E-state index contributed by atoms with van der Waals surface area (Å²) in [6.45, 7) is 1.41. The maximum atomic E-state index is 12.7. The molecule has 0 atom stereocenters. The minimum Gasteiger partial charge on any atom is -0.454 e. The molecule has 1 aromatic heterocycles. The number of ether oxygens (including phenoxy) is 2. The number of aromatic nitrogens is 1. The maximum Gasteiger partial charge on any atom is 0.272 e. The van der Waals surface area contributed by atoms with Crippen LogP contribution in [0.25, 0.3) is 0 Å². The Hall–Kier alpha value is -3.54. The third-order valence-electron chi connectivity index (χ3n) is 4.52. The summed E-state index contributed by atoms with van der Waals surface area (Å²) < 4.78 is 10.7. The van der Waals surface area contributed by atoms with Crippen molar-refractivity contribution in [2.75, 3.05) is 19.2 Å². The van der Waals surface area contributed by atoms with Crippen molar-refractivity contribution < 1.29 is 14.3 Å². The maximum absolute atomic E-state index is 12.7. The standard InChI is InChI=1S/C22H21N3O3/c1-25(14-16-5-3-2-4-6-16)22(26)19-12-18(9-10-23-19)24-13-17-7-8-20-21(11-17)28-15-27-20/h2-12H,13-15H2,1H3,(H,23,24). The van der Waals surface area contributed by atoms with Crippen molar-refractivity contribution in [1.82, 2.24) is 9.88 Å². The van der Waals surface area contributed by atoms with Gasteiger partial charge in [-0.25, -0.2) is 0 Å². The molecule has 0 aliphatic carbocycles. The highest BCUT2D eigenvalue weighted by Gasteiger charge is 2.15. The number of hydrogen-bond acceptors (Lipinski definition) is 5. The summed E-state index contributed by atoms with van der Waals surface area (Å²) in [7, 11) is 1.78. The van der Waals surface area contributed by atoms with E-state index >= 15 is 0 Å². The first-order chi connectivity index (χ1) is 13.7. The van der Waals surface area contributed by atoms with Gasteiger partial charge in [-0.1, -0.05) is 36.4 Å². The van der Waals surface area contributed by atoms with Gasteiger partial charge in [-0.05, 0) is 35.4 Å². The Kier molecular flexibility index (Phi) is 5.10. The molecule has 6 nitrogen and oxygen atoms in total. The molecule has 0 fully saturated rings. The number of carbonyl (C=O) groups excluding carboxylic acids is 1. The van der Waals surface area contributed by atoms with Crippen LogP contribution in [-0.2, 0) is 13.1 Å². The molecule has 1 aliphatic rings. The van der Waals surface area contributed by atoms with Gasteiger partial charge in [0, 0.05) is 32.0 Å². The lowest BCUT2D eigenvalue weighted by molar-refractivity contribution is 0.0779. The number of anilines is 1. The van der Waals surface area contributed by atoms with Crippen LogP contribution in [0.2, 0.25) is 0 Å². The van der Waals surface area contributed by atoms with E-state index in [2.05, 4.69) is 10.3 Å². The predicted octanol–water partition coefficient (Wildman–Crippen LogP) is 3.69. The zero-order chi connectivity index (χ0) is 19.3. The normalized spacial score (nSPS) is 11.9. The molecule has 1 aliphatic heterocycles. The number of fused-ring (bicyclic) bond motifs is 1. The molecule has 4 rings (SSSR count). The second-order valence-electron chi connectivity index (χ2n) is 6.62. The quantitative estimate of drug-likeness (QED) is 0.712. The van der Waals surface area contributed by atoms with Crippen LogP contribution in [0.15, 0.2) is 66.9 Å². The van der Waals surface area contributed by atoms with Gasteiger partial charge in [0.05, 0.1) is 0 Å². The van der Waals surface area contributed by atoms with Crippen molar-refractivity contribution in [2.24, 2.45) is 0 Å². The number of nitrogens with one attached hydrogen (secondary N) is 1. The van der Waals surface area contributed by atoms with E-state index in [-0.39, 0.29) is 12.7 Å². The van der Waals surface area contributed by atoms with Crippen molar-refractivity contribution in [3.8, 4) is 11.5 Å². The van der Waals surface area contributed by atoms with E-state index in [1.165, 1.54) is 0 Å². The Morgan fingerprint density at radius 2 is 1.86 bits per heavy atom. The summed E-state index contributed by atoms with van der Waals surface area (Å²) in [5.41, 5.74) is 3.39. The van der Waals surface area contributed by atoms with Gasteiger partial charge >= 0.3 is 0 Å². The summed E-state index contributed by atoms with van der Waals surface area (Å²) in [6.07, 6.45) is 1.64. The lowest BCUT2D eigenvalue weighted by Crippen LogP contribution is -2.27. The van der Waals surface area contributed by atoms with Crippen LogP contribution in [0.5, 0.6) is 11.5 Å². The van der Waals surface area contributed by atoms with Crippen molar-refractivity contribution in [2.45, 2.75) is 13.1 Å². The number of pyridine rings is 1. The molecule has 6 heteroatoms. The number of benzene rings is 2. The van der Waals surface area contributed by atoms with Gasteiger partial charge in [0.25, 0.3) is 5.91 Å². The van der Waals surface area contributed by atoms with Crippen molar-refractivity contribution in [3.63, 3.8) is 0 Å². The van der Waals surface area contributed by atoms with Gasteiger partial charge < -0.3 is 19.7 Å². The fourth-order valence-electron chi connectivity index (χ4n) is 3.04. The van der Waals surface area contributed by atoms with E-state index in [0.717, 1.165) is 28.3 Å². The number of nitrogens with zero attached hydrogens (tertiary/aromatic N) is 2. The minimum absolute atomic E-state index is 0.115. The number of carbonyl (C=O) groups is 1. The first-order valence-corrected chi connectivity index (χ1v) is 9.07. The number of amides is 1. The fourth-order valence-corrected chi connectivity index (χ4v) is 3.04. The Morgan fingerprint density at radius 3 is 2.71 bits per heavy atom. The molecule has 2 heterocycles. The van der Waals surface area contributed by atoms with Crippen molar-refractivity contribution in [1.29, 1.82) is 0 Å². The topological polar surface area (TPSA) is 63.7 Å². The molecule has 28 heavy (non-hydrogen) atoms. The van der Waals surface area contributed by atoms with Gasteiger partial charge in [0.2, 0.25) is 6.79 Å². The molecule has 0 spiro atoms. The average molecular weight is 375 g/mol. The number of rotatable bonds is 6. The molecule has 0 saturated carbocycles. The third-order valence-corrected chi connectivity index (χ3v) is 4.52. The summed E-state index contributed by atoms with van der Waals surface area (Å²) in [5.74, 6) is 1.41. The highest BCUT2D eigenvalue weighted by molar-refractivity contribution is 5.92. The molecule has 3 aromatic rings. The Bertz CT molecular complexity index is 976. The van der Waals surface area contributed by atoms with Crippen molar-refractivity contribution >= 4 is 11.6 Å². The third kappa shape index (κ3) is 4.06. The van der Waals surface area contributed by atoms with Crippen LogP contribution < -0.4 is 14.8 Å². The molecule has 1 N–H and O–H groups in total. The largest absolute Gasteiger partial charge is 0.454 e. The van der Waals surface area contributed by atoms with Crippen LogP contribution in [-0.4, -0.2) is 29.6 Å². The van der Waals surface area contributed by atoms with Crippen LogP contribution in [0.3, 0.4) is 0 Å². The van der Waals surface area contributed by atoms with Crippen LogP contribution >= 0.6 is 0 Å².